The zero-order chi connectivity index (χ0) is 11.9. The number of hydrogen-bond acceptors (Lipinski definition) is 4. The smallest absolute Gasteiger partial charge is 0.262 e. The molecule has 0 aliphatic carbocycles. The van der Waals surface area contributed by atoms with Crippen LogP contribution in [0.25, 0.3) is 0 Å². The van der Waals surface area contributed by atoms with Gasteiger partial charge in [0, 0.05) is 5.69 Å². The van der Waals surface area contributed by atoms with Gasteiger partial charge in [0.15, 0.2) is 0 Å². The SMILES string of the molecule is CC(O)C(=O)N1C(=O)Cc2cc(N)ccc21. The summed E-state index contributed by atoms with van der Waals surface area (Å²) in [6.45, 7) is 1.34. The lowest BCUT2D eigenvalue weighted by molar-refractivity contribution is -0.130. The van der Waals surface area contributed by atoms with Crippen LogP contribution in [-0.2, 0) is 16.0 Å². The van der Waals surface area contributed by atoms with Gasteiger partial charge in [-0.2, -0.15) is 0 Å². The number of nitrogens with zero attached hydrogens (tertiary/aromatic N) is 1. The first kappa shape index (κ1) is 10.6. The van der Waals surface area contributed by atoms with Crippen molar-refractivity contribution in [3.05, 3.63) is 23.8 Å². The quantitative estimate of drug-likeness (QED) is 0.656. The van der Waals surface area contributed by atoms with Crippen molar-refractivity contribution >= 4 is 23.2 Å². The van der Waals surface area contributed by atoms with Gasteiger partial charge in [-0.3, -0.25) is 9.59 Å². The second-order valence-electron chi connectivity index (χ2n) is 3.81. The topological polar surface area (TPSA) is 83.6 Å². The maximum Gasteiger partial charge on any atom is 0.262 e. The van der Waals surface area contributed by atoms with E-state index in [0.717, 1.165) is 10.5 Å². The molecule has 3 N–H and O–H groups in total. The van der Waals surface area contributed by atoms with Gasteiger partial charge in [-0.25, -0.2) is 4.90 Å². The number of rotatable bonds is 1. The normalized spacial score (nSPS) is 16.1. The van der Waals surface area contributed by atoms with Crippen LogP contribution >= 0.6 is 0 Å². The molecule has 0 saturated carbocycles. The lowest BCUT2D eigenvalue weighted by Gasteiger charge is -2.16. The van der Waals surface area contributed by atoms with E-state index < -0.39 is 12.0 Å². The monoisotopic (exact) mass is 220 g/mol. The van der Waals surface area contributed by atoms with Crippen LogP contribution < -0.4 is 10.6 Å². The molecular formula is C11H12N2O3. The van der Waals surface area contributed by atoms with Gasteiger partial charge in [0.05, 0.1) is 12.1 Å². The highest BCUT2D eigenvalue weighted by atomic mass is 16.3. The standard InChI is InChI=1S/C11H12N2O3/c1-6(14)11(16)13-9-3-2-8(12)4-7(9)5-10(13)15/h2-4,6,14H,5,12H2,1H3. The van der Waals surface area contributed by atoms with Crippen LogP contribution in [0.3, 0.4) is 0 Å². The molecule has 1 unspecified atom stereocenters. The fourth-order valence-corrected chi connectivity index (χ4v) is 1.77. The number of hydrogen-bond donors (Lipinski definition) is 2. The third-order valence-corrected chi connectivity index (χ3v) is 2.51. The molecule has 5 heteroatoms. The van der Waals surface area contributed by atoms with Crippen LogP contribution in [0.1, 0.15) is 12.5 Å². The van der Waals surface area contributed by atoms with Crippen molar-refractivity contribution in [2.24, 2.45) is 0 Å². The Labute approximate surface area is 92.5 Å². The maximum atomic E-state index is 11.6. The van der Waals surface area contributed by atoms with Gasteiger partial charge >= 0.3 is 0 Å². The van der Waals surface area contributed by atoms with Gasteiger partial charge in [-0.15, -0.1) is 0 Å². The minimum absolute atomic E-state index is 0.152. The first-order valence-corrected chi connectivity index (χ1v) is 4.94. The lowest BCUT2D eigenvalue weighted by Crippen LogP contribution is -2.39. The molecule has 0 spiro atoms. The minimum atomic E-state index is -1.19. The molecule has 1 heterocycles. The zero-order valence-electron chi connectivity index (χ0n) is 8.80. The summed E-state index contributed by atoms with van der Waals surface area (Å²) < 4.78 is 0. The lowest BCUT2D eigenvalue weighted by atomic mass is 10.1. The highest BCUT2D eigenvalue weighted by Crippen LogP contribution is 2.30. The summed E-state index contributed by atoms with van der Waals surface area (Å²) >= 11 is 0. The molecule has 1 aromatic rings. The summed E-state index contributed by atoms with van der Waals surface area (Å²) in [4.78, 5) is 24.3. The summed E-state index contributed by atoms with van der Waals surface area (Å²) in [7, 11) is 0. The molecular weight excluding hydrogens is 208 g/mol. The van der Waals surface area contributed by atoms with Crippen LogP contribution in [0, 0.1) is 0 Å². The van der Waals surface area contributed by atoms with E-state index >= 15 is 0 Å². The van der Waals surface area contributed by atoms with Crippen molar-refractivity contribution in [3.8, 4) is 0 Å². The first-order valence-electron chi connectivity index (χ1n) is 4.94. The third kappa shape index (κ3) is 1.55. The van der Waals surface area contributed by atoms with Crippen LogP contribution in [0.4, 0.5) is 11.4 Å². The molecule has 16 heavy (non-hydrogen) atoms. The van der Waals surface area contributed by atoms with E-state index in [1.165, 1.54) is 6.92 Å². The second-order valence-corrected chi connectivity index (χ2v) is 3.81. The maximum absolute atomic E-state index is 11.6. The van der Waals surface area contributed by atoms with Gasteiger partial charge in [0.1, 0.15) is 6.10 Å². The fourth-order valence-electron chi connectivity index (χ4n) is 1.77. The Morgan fingerprint density at radius 2 is 2.25 bits per heavy atom. The molecule has 1 aromatic carbocycles. The fraction of sp³-hybridized carbons (Fsp3) is 0.273. The number of imide groups is 1. The highest BCUT2D eigenvalue weighted by molar-refractivity contribution is 6.20. The van der Waals surface area contributed by atoms with Crippen molar-refractivity contribution in [1.82, 2.24) is 0 Å². The Bertz CT molecular complexity index is 468. The van der Waals surface area contributed by atoms with Gasteiger partial charge < -0.3 is 10.8 Å². The van der Waals surface area contributed by atoms with E-state index in [9.17, 15) is 14.7 Å². The molecule has 1 aliphatic rings. The molecule has 1 atom stereocenters. The number of benzene rings is 1. The molecule has 2 rings (SSSR count). The molecule has 0 bridgehead atoms. The molecule has 1 aliphatic heterocycles. The number of aliphatic hydroxyl groups excluding tert-OH is 1. The van der Waals surface area contributed by atoms with E-state index in [2.05, 4.69) is 0 Å². The average Bonchev–Trinajstić information content (AvgIpc) is 2.51. The van der Waals surface area contributed by atoms with E-state index in [4.69, 9.17) is 5.73 Å². The summed E-state index contributed by atoms with van der Waals surface area (Å²) in [6.07, 6.45) is -1.04. The number of carbonyl (C=O) groups is 2. The molecule has 84 valence electrons. The van der Waals surface area contributed by atoms with Gasteiger partial charge in [-0.1, -0.05) is 0 Å². The second kappa shape index (κ2) is 3.61. The Hall–Kier alpha value is -1.88. The summed E-state index contributed by atoms with van der Waals surface area (Å²) in [5.74, 6) is -0.931. The Balaban J connectivity index is 2.44. The van der Waals surface area contributed by atoms with E-state index in [0.29, 0.717) is 11.4 Å². The van der Waals surface area contributed by atoms with Crippen LogP contribution in [0.2, 0.25) is 0 Å². The van der Waals surface area contributed by atoms with Crippen molar-refractivity contribution in [3.63, 3.8) is 0 Å². The van der Waals surface area contributed by atoms with E-state index in [1.807, 2.05) is 0 Å². The number of anilines is 2. The van der Waals surface area contributed by atoms with E-state index in [1.54, 1.807) is 18.2 Å². The predicted molar refractivity (Wildman–Crippen MR) is 58.7 cm³/mol. The predicted octanol–water partition coefficient (Wildman–Crippen LogP) is 0.0653. The zero-order valence-corrected chi connectivity index (χ0v) is 8.80. The molecule has 0 radical (unpaired) electrons. The number of carbonyl (C=O) groups excluding carboxylic acids is 2. The van der Waals surface area contributed by atoms with Crippen LogP contribution in [0.15, 0.2) is 18.2 Å². The molecule has 5 nitrogen and oxygen atoms in total. The Kier molecular flexibility index (Phi) is 2.40. The van der Waals surface area contributed by atoms with Crippen molar-refractivity contribution in [2.75, 3.05) is 10.6 Å². The molecule has 0 fully saturated rings. The Morgan fingerprint density at radius 3 is 2.88 bits per heavy atom. The number of amides is 2. The first-order chi connectivity index (χ1) is 7.50. The van der Waals surface area contributed by atoms with E-state index in [-0.39, 0.29) is 12.3 Å². The van der Waals surface area contributed by atoms with Gasteiger partial charge in [0.2, 0.25) is 5.91 Å². The summed E-state index contributed by atoms with van der Waals surface area (Å²) in [5.41, 5.74) is 7.39. The number of aliphatic hydroxyl groups is 1. The third-order valence-electron chi connectivity index (χ3n) is 2.51. The largest absolute Gasteiger partial charge is 0.399 e. The number of nitrogens with two attached hydrogens (primary N) is 1. The van der Waals surface area contributed by atoms with Gasteiger partial charge in [-0.05, 0) is 30.7 Å². The molecule has 0 saturated heterocycles. The van der Waals surface area contributed by atoms with Crippen molar-refractivity contribution in [2.45, 2.75) is 19.4 Å². The number of nitrogen functional groups attached to an aromatic ring is 1. The highest BCUT2D eigenvalue weighted by Gasteiger charge is 2.33. The van der Waals surface area contributed by atoms with Crippen molar-refractivity contribution < 1.29 is 14.7 Å². The van der Waals surface area contributed by atoms with Gasteiger partial charge in [0.25, 0.3) is 5.91 Å². The molecule has 0 aromatic heterocycles. The Morgan fingerprint density at radius 1 is 1.56 bits per heavy atom. The summed E-state index contributed by atoms with van der Waals surface area (Å²) in [6, 6.07) is 4.91. The van der Waals surface area contributed by atoms with Crippen LogP contribution in [0.5, 0.6) is 0 Å². The van der Waals surface area contributed by atoms with Crippen LogP contribution in [-0.4, -0.2) is 23.0 Å². The minimum Gasteiger partial charge on any atom is -0.399 e. The summed E-state index contributed by atoms with van der Waals surface area (Å²) in [5, 5.41) is 9.21. The molecule has 2 amide bonds. The average molecular weight is 220 g/mol. The van der Waals surface area contributed by atoms with Crippen molar-refractivity contribution in [1.29, 1.82) is 0 Å². The number of fused-ring (bicyclic) bond motifs is 1.